The van der Waals surface area contributed by atoms with Gasteiger partial charge in [-0.3, -0.25) is 4.79 Å². The highest BCUT2D eigenvalue weighted by Crippen LogP contribution is 2.34. The highest BCUT2D eigenvalue weighted by atomic mass is 16.5. The van der Waals surface area contributed by atoms with Crippen LogP contribution in [0.1, 0.15) is 52.0 Å². The Morgan fingerprint density at radius 3 is 2.51 bits per heavy atom. The average Bonchev–Trinajstić information content (AvgIpc) is 3.34. The quantitative estimate of drug-likeness (QED) is 0.195. The van der Waals surface area contributed by atoms with Crippen molar-refractivity contribution in [3.05, 3.63) is 53.6 Å². The number of ether oxygens (including phenoxy) is 3. The van der Waals surface area contributed by atoms with Crippen LogP contribution in [-0.2, 0) is 19.1 Å². The van der Waals surface area contributed by atoms with E-state index in [9.17, 15) is 14.7 Å². The standard InChI is InChI=1S/C30H39NO6/c1-4-6-15-35-16-17-37-27-10-7-24(8-11-27)25-9-12-28(26(20-25)18-22(3)30(33)34)31-14-13-23(21-31)19-29(32)36-5-2/h7-12,18,20,23H,4-6,13-17,19,21H2,1-3H3,(H,33,34)/b22-18+. The van der Waals surface area contributed by atoms with Crippen molar-refractivity contribution < 1.29 is 28.9 Å². The molecule has 1 heterocycles. The van der Waals surface area contributed by atoms with Crippen molar-refractivity contribution in [2.45, 2.75) is 46.5 Å². The number of hydrogen-bond donors (Lipinski definition) is 1. The maximum Gasteiger partial charge on any atom is 0.331 e. The van der Waals surface area contributed by atoms with Crippen LogP contribution < -0.4 is 9.64 Å². The van der Waals surface area contributed by atoms with Gasteiger partial charge < -0.3 is 24.2 Å². The second kappa shape index (κ2) is 14.4. The first-order valence-electron chi connectivity index (χ1n) is 13.2. The fourth-order valence-corrected chi connectivity index (χ4v) is 4.42. The van der Waals surface area contributed by atoms with Crippen LogP contribution >= 0.6 is 0 Å². The van der Waals surface area contributed by atoms with E-state index >= 15 is 0 Å². The van der Waals surface area contributed by atoms with Gasteiger partial charge in [0, 0.05) is 31.0 Å². The molecule has 1 saturated heterocycles. The van der Waals surface area contributed by atoms with Crippen LogP contribution in [0.15, 0.2) is 48.0 Å². The third kappa shape index (κ3) is 8.64. The molecule has 0 aromatic heterocycles. The molecule has 0 amide bonds. The summed E-state index contributed by atoms with van der Waals surface area (Å²) in [5, 5.41) is 9.48. The number of carbonyl (C=O) groups excluding carboxylic acids is 1. The Balaban J connectivity index is 1.73. The molecule has 200 valence electrons. The van der Waals surface area contributed by atoms with Gasteiger partial charge in [-0.15, -0.1) is 0 Å². The third-order valence-electron chi connectivity index (χ3n) is 6.45. The van der Waals surface area contributed by atoms with E-state index < -0.39 is 5.97 Å². The third-order valence-corrected chi connectivity index (χ3v) is 6.45. The molecule has 0 aliphatic carbocycles. The maximum atomic E-state index is 11.9. The number of carboxylic acid groups (broad SMARTS) is 1. The molecular weight excluding hydrogens is 470 g/mol. The van der Waals surface area contributed by atoms with Gasteiger partial charge in [0.15, 0.2) is 0 Å². The Morgan fingerprint density at radius 1 is 1.05 bits per heavy atom. The van der Waals surface area contributed by atoms with Gasteiger partial charge in [0.25, 0.3) is 0 Å². The van der Waals surface area contributed by atoms with Gasteiger partial charge in [-0.25, -0.2) is 4.79 Å². The van der Waals surface area contributed by atoms with Crippen molar-refractivity contribution in [1.82, 2.24) is 0 Å². The number of nitrogens with zero attached hydrogens (tertiary/aromatic N) is 1. The first-order valence-corrected chi connectivity index (χ1v) is 13.2. The molecule has 1 unspecified atom stereocenters. The van der Waals surface area contributed by atoms with E-state index in [2.05, 4.69) is 17.9 Å². The SMILES string of the molecule is CCCCOCCOc1ccc(-c2ccc(N3CCC(CC(=O)OCC)C3)c(/C=C(\C)C(=O)O)c2)cc1. The molecule has 1 fully saturated rings. The van der Waals surface area contributed by atoms with Crippen molar-refractivity contribution in [2.75, 3.05) is 44.4 Å². The minimum Gasteiger partial charge on any atom is -0.491 e. The second-order valence-electron chi connectivity index (χ2n) is 9.35. The summed E-state index contributed by atoms with van der Waals surface area (Å²) in [5.74, 6) is -0.104. The van der Waals surface area contributed by atoms with Crippen molar-refractivity contribution >= 4 is 23.7 Å². The lowest BCUT2D eigenvalue weighted by atomic mass is 9.99. The normalized spacial score (nSPS) is 15.6. The minimum absolute atomic E-state index is 0.164. The van der Waals surface area contributed by atoms with E-state index in [1.807, 2.05) is 43.3 Å². The predicted molar refractivity (Wildman–Crippen MR) is 146 cm³/mol. The monoisotopic (exact) mass is 509 g/mol. The van der Waals surface area contributed by atoms with Gasteiger partial charge >= 0.3 is 11.9 Å². The summed E-state index contributed by atoms with van der Waals surface area (Å²) in [6.45, 7) is 9.32. The van der Waals surface area contributed by atoms with Gasteiger partial charge in [-0.2, -0.15) is 0 Å². The topological polar surface area (TPSA) is 85.3 Å². The molecule has 1 N–H and O–H groups in total. The number of rotatable bonds is 14. The van der Waals surface area contributed by atoms with Crippen LogP contribution in [0.4, 0.5) is 5.69 Å². The number of esters is 1. The van der Waals surface area contributed by atoms with E-state index in [-0.39, 0.29) is 17.5 Å². The van der Waals surface area contributed by atoms with Crippen LogP contribution in [0.25, 0.3) is 17.2 Å². The summed E-state index contributed by atoms with van der Waals surface area (Å²) in [6.07, 6.45) is 5.19. The lowest BCUT2D eigenvalue weighted by Crippen LogP contribution is -2.21. The fourth-order valence-electron chi connectivity index (χ4n) is 4.42. The van der Waals surface area contributed by atoms with Gasteiger partial charge in [-0.1, -0.05) is 31.5 Å². The van der Waals surface area contributed by atoms with E-state index in [1.54, 1.807) is 13.0 Å². The highest BCUT2D eigenvalue weighted by molar-refractivity contribution is 5.93. The van der Waals surface area contributed by atoms with E-state index in [4.69, 9.17) is 14.2 Å². The Hall–Kier alpha value is -3.32. The van der Waals surface area contributed by atoms with Crippen LogP contribution in [0.5, 0.6) is 5.75 Å². The molecule has 7 nitrogen and oxygen atoms in total. The van der Waals surface area contributed by atoms with Crippen LogP contribution in [-0.4, -0.2) is 56.6 Å². The molecule has 7 heteroatoms. The molecule has 1 atom stereocenters. The van der Waals surface area contributed by atoms with Gasteiger partial charge in [0.2, 0.25) is 0 Å². The van der Waals surface area contributed by atoms with E-state index in [0.29, 0.717) is 26.2 Å². The lowest BCUT2D eigenvalue weighted by molar-refractivity contribution is -0.144. The van der Waals surface area contributed by atoms with Gasteiger partial charge in [-0.05, 0) is 79.6 Å². The molecule has 0 radical (unpaired) electrons. The molecule has 37 heavy (non-hydrogen) atoms. The molecule has 1 aliphatic rings. The lowest BCUT2D eigenvalue weighted by Gasteiger charge is -2.22. The van der Waals surface area contributed by atoms with Crippen molar-refractivity contribution in [2.24, 2.45) is 5.92 Å². The van der Waals surface area contributed by atoms with Crippen LogP contribution in [0, 0.1) is 5.92 Å². The molecule has 3 rings (SSSR count). The predicted octanol–water partition coefficient (Wildman–Crippen LogP) is 5.82. The maximum absolute atomic E-state index is 11.9. The number of hydrogen-bond acceptors (Lipinski definition) is 6. The van der Waals surface area contributed by atoms with Gasteiger partial charge in [0.1, 0.15) is 12.4 Å². The number of carboxylic acids is 1. The van der Waals surface area contributed by atoms with E-state index in [1.165, 1.54) is 0 Å². The summed E-state index contributed by atoms with van der Waals surface area (Å²) in [4.78, 5) is 25.7. The average molecular weight is 510 g/mol. The largest absolute Gasteiger partial charge is 0.491 e. The number of benzene rings is 2. The number of unbranched alkanes of at least 4 members (excludes halogenated alkanes) is 1. The number of aliphatic carboxylic acids is 1. The molecule has 0 saturated carbocycles. The van der Waals surface area contributed by atoms with Crippen molar-refractivity contribution in [3.8, 4) is 16.9 Å². The molecule has 0 spiro atoms. The molecule has 2 aromatic rings. The van der Waals surface area contributed by atoms with E-state index in [0.717, 1.165) is 67.1 Å². The highest BCUT2D eigenvalue weighted by Gasteiger charge is 2.26. The zero-order chi connectivity index (χ0) is 26.6. The molecular formula is C30H39NO6. The zero-order valence-electron chi connectivity index (χ0n) is 22.2. The Kier molecular flexibility index (Phi) is 11.0. The summed E-state index contributed by atoms with van der Waals surface area (Å²) >= 11 is 0. The summed E-state index contributed by atoms with van der Waals surface area (Å²) < 4.78 is 16.4. The van der Waals surface area contributed by atoms with Gasteiger partial charge in [0.05, 0.1) is 19.6 Å². The molecule has 1 aliphatic heterocycles. The minimum atomic E-state index is -0.946. The molecule has 0 bridgehead atoms. The fraction of sp³-hybridized carbons (Fsp3) is 0.467. The Labute approximate surface area is 220 Å². The Morgan fingerprint density at radius 2 is 1.81 bits per heavy atom. The van der Waals surface area contributed by atoms with Crippen molar-refractivity contribution in [1.29, 1.82) is 0 Å². The van der Waals surface area contributed by atoms with Crippen molar-refractivity contribution in [3.63, 3.8) is 0 Å². The first kappa shape index (κ1) is 28.3. The first-order chi connectivity index (χ1) is 17.9. The summed E-state index contributed by atoms with van der Waals surface area (Å²) in [7, 11) is 0. The zero-order valence-corrected chi connectivity index (χ0v) is 22.2. The number of anilines is 1. The number of carbonyl (C=O) groups is 2. The second-order valence-corrected chi connectivity index (χ2v) is 9.35. The summed E-state index contributed by atoms with van der Waals surface area (Å²) in [5.41, 5.74) is 4.09. The summed E-state index contributed by atoms with van der Waals surface area (Å²) in [6, 6.07) is 14.0. The Bertz CT molecular complexity index is 1060. The van der Waals surface area contributed by atoms with Crippen LogP contribution in [0.2, 0.25) is 0 Å². The van der Waals surface area contributed by atoms with Crippen LogP contribution in [0.3, 0.4) is 0 Å². The molecule has 2 aromatic carbocycles. The smallest absolute Gasteiger partial charge is 0.331 e.